The SMILES string of the molecule is CNC(=O)C1CC(O)CN1C(=O)[C@@H](n1cc(-c2ccc(OC3CCCC3)cc2)nn1)C(C)(C)C. The van der Waals surface area contributed by atoms with Gasteiger partial charge in [-0.1, -0.05) is 26.0 Å². The number of ether oxygens (including phenoxy) is 1. The number of hydrogen-bond donors (Lipinski definition) is 2. The van der Waals surface area contributed by atoms with Crippen LogP contribution in [-0.2, 0) is 9.59 Å². The lowest BCUT2D eigenvalue weighted by Gasteiger charge is -2.34. The van der Waals surface area contributed by atoms with Gasteiger partial charge in [-0.2, -0.15) is 0 Å². The van der Waals surface area contributed by atoms with Gasteiger partial charge in [0.2, 0.25) is 11.8 Å². The molecule has 1 aromatic carbocycles. The Morgan fingerprint density at radius 3 is 2.47 bits per heavy atom. The van der Waals surface area contributed by atoms with Crippen molar-refractivity contribution in [1.82, 2.24) is 25.2 Å². The van der Waals surface area contributed by atoms with Gasteiger partial charge in [0.05, 0.1) is 18.4 Å². The Bertz CT molecular complexity index is 1010. The molecule has 2 unspecified atom stereocenters. The minimum atomic E-state index is -0.733. The Hall–Kier alpha value is -2.94. The van der Waals surface area contributed by atoms with E-state index < -0.39 is 23.6 Å². The highest BCUT2D eigenvalue weighted by Gasteiger charge is 2.45. The van der Waals surface area contributed by atoms with Crippen molar-refractivity contribution in [2.24, 2.45) is 5.41 Å². The molecule has 1 saturated carbocycles. The van der Waals surface area contributed by atoms with E-state index in [4.69, 9.17) is 4.74 Å². The van der Waals surface area contributed by atoms with Gasteiger partial charge in [-0.25, -0.2) is 4.68 Å². The molecule has 0 spiro atoms. The van der Waals surface area contributed by atoms with Crippen molar-refractivity contribution in [3.8, 4) is 17.0 Å². The lowest BCUT2D eigenvalue weighted by Crippen LogP contribution is -2.49. The molecule has 2 heterocycles. The number of amides is 2. The number of aliphatic hydroxyl groups is 1. The molecule has 3 atom stereocenters. The van der Waals surface area contributed by atoms with Crippen molar-refractivity contribution >= 4 is 11.8 Å². The van der Waals surface area contributed by atoms with E-state index in [1.807, 2.05) is 45.0 Å². The highest BCUT2D eigenvalue weighted by Crippen LogP contribution is 2.35. The number of aromatic nitrogens is 3. The fourth-order valence-corrected chi connectivity index (χ4v) is 4.95. The summed E-state index contributed by atoms with van der Waals surface area (Å²) in [5, 5.41) is 21.4. The molecular formula is C25H35N5O4. The van der Waals surface area contributed by atoms with E-state index in [-0.39, 0.29) is 24.8 Å². The molecule has 1 aliphatic carbocycles. The molecule has 2 aliphatic rings. The van der Waals surface area contributed by atoms with Gasteiger partial charge < -0.3 is 20.1 Å². The number of β-amino-alcohol motifs (C(OH)–C–C–N with tert-alkyl or cyclic N) is 1. The first-order valence-electron chi connectivity index (χ1n) is 12.1. The van der Waals surface area contributed by atoms with E-state index in [2.05, 4.69) is 15.6 Å². The largest absolute Gasteiger partial charge is 0.490 e. The number of rotatable bonds is 6. The molecule has 0 bridgehead atoms. The molecule has 9 nitrogen and oxygen atoms in total. The summed E-state index contributed by atoms with van der Waals surface area (Å²) in [6, 6.07) is 6.40. The van der Waals surface area contributed by atoms with E-state index in [1.54, 1.807) is 10.9 Å². The van der Waals surface area contributed by atoms with Gasteiger partial charge in [-0.15, -0.1) is 5.10 Å². The van der Waals surface area contributed by atoms with Gasteiger partial charge in [-0.05, 0) is 55.4 Å². The van der Waals surface area contributed by atoms with Crippen LogP contribution < -0.4 is 10.1 Å². The Kier molecular flexibility index (Phi) is 6.93. The van der Waals surface area contributed by atoms with Gasteiger partial charge in [0.1, 0.15) is 23.5 Å². The molecule has 4 rings (SSSR count). The van der Waals surface area contributed by atoms with Crippen molar-refractivity contribution < 1.29 is 19.4 Å². The topological polar surface area (TPSA) is 110 Å². The molecule has 9 heteroatoms. The van der Waals surface area contributed by atoms with Crippen LogP contribution in [0, 0.1) is 5.41 Å². The van der Waals surface area contributed by atoms with E-state index in [9.17, 15) is 14.7 Å². The Morgan fingerprint density at radius 1 is 1.18 bits per heavy atom. The molecule has 2 fully saturated rings. The Balaban J connectivity index is 1.55. The van der Waals surface area contributed by atoms with Crippen molar-refractivity contribution in [2.75, 3.05) is 13.6 Å². The second-order valence-electron chi connectivity index (χ2n) is 10.4. The standard InChI is InChI=1S/C25H35N5O4/c1-25(2,3)22(24(33)29-14-17(31)13-21(29)23(32)26-4)30-15-20(27-28-30)16-9-11-19(12-10-16)34-18-7-5-6-8-18/h9-12,15,17-18,21-22,31H,5-8,13-14H2,1-4H3,(H,26,32)/t17?,21?,22-/m1/s1. The number of nitrogens with zero attached hydrogens (tertiary/aromatic N) is 4. The van der Waals surface area contributed by atoms with Gasteiger partial charge >= 0.3 is 0 Å². The number of likely N-dealkylation sites (N-methyl/N-ethyl adjacent to an activating group) is 1. The average molecular weight is 470 g/mol. The van der Waals surface area contributed by atoms with E-state index in [1.165, 1.54) is 24.8 Å². The van der Waals surface area contributed by atoms with Crippen molar-refractivity contribution in [3.05, 3.63) is 30.5 Å². The number of aliphatic hydroxyl groups excluding tert-OH is 1. The second kappa shape index (κ2) is 9.74. The van der Waals surface area contributed by atoms with Gasteiger partial charge in [0.25, 0.3) is 0 Å². The van der Waals surface area contributed by atoms with Crippen molar-refractivity contribution in [1.29, 1.82) is 0 Å². The maximum absolute atomic E-state index is 13.7. The first-order chi connectivity index (χ1) is 16.2. The fourth-order valence-electron chi connectivity index (χ4n) is 4.95. The zero-order chi connectivity index (χ0) is 24.5. The van der Waals surface area contributed by atoms with Crippen LogP contribution >= 0.6 is 0 Å². The highest BCUT2D eigenvalue weighted by atomic mass is 16.5. The number of likely N-dealkylation sites (tertiary alicyclic amines) is 1. The summed E-state index contributed by atoms with van der Waals surface area (Å²) in [6.45, 7) is 5.97. The van der Waals surface area contributed by atoms with Crippen LogP contribution in [0.1, 0.15) is 58.9 Å². The summed E-state index contributed by atoms with van der Waals surface area (Å²) >= 11 is 0. The zero-order valence-electron chi connectivity index (χ0n) is 20.4. The predicted molar refractivity (Wildman–Crippen MR) is 127 cm³/mol. The molecule has 184 valence electrons. The number of benzene rings is 1. The highest BCUT2D eigenvalue weighted by molar-refractivity contribution is 5.90. The van der Waals surface area contributed by atoms with Crippen LogP contribution in [0.25, 0.3) is 11.3 Å². The molecule has 2 N–H and O–H groups in total. The maximum Gasteiger partial charge on any atom is 0.248 e. The summed E-state index contributed by atoms with van der Waals surface area (Å²) in [5.41, 5.74) is 1.03. The third-order valence-corrected chi connectivity index (χ3v) is 6.70. The number of carbonyl (C=O) groups is 2. The monoisotopic (exact) mass is 469 g/mol. The van der Waals surface area contributed by atoms with Crippen LogP contribution in [0.15, 0.2) is 30.5 Å². The van der Waals surface area contributed by atoms with Crippen molar-refractivity contribution in [2.45, 2.75) is 77.2 Å². The lowest BCUT2D eigenvalue weighted by molar-refractivity contribution is -0.144. The van der Waals surface area contributed by atoms with Crippen LogP contribution in [0.3, 0.4) is 0 Å². The quantitative estimate of drug-likeness (QED) is 0.673. The lowest BCUT2D eigenvalue weighted by atomic mass is 9.85. The molecular weight excluding hydrogens is 434 g/mol. The summed E-state index contributed by atoms with van der Waals surface area (Å²) in [6.07, 6.45) is 6.21. The normalized spacial score (nSPS) is 22.1. The van der Waals surface area contributed by atoms with Gasteiger partial charge in [0.15, 0.2) is 0 Å². The summed E-state index contributed by atoms with van der Waals surface area (Å²) in [7, 11) is 1.53. The third-order valence-electron chi connectivity index (χ3n) is 6.70. The molecule has 2 aromatic rings. The number of hydrogen-bond acceptors (Lipinski definition) is 6. The van der Waals surface area contributed by atoms with Gasteiger partial charge in [0, 0.05) is 25.6 Å². The molecule has 2 amide bonds. The average Bonchev–Trinajstić information content (AvgIpc) is 3.54. The van der Waals surface area contributed by atoms with E-state index in [0.717, 1.165) is 24.2 Å². The first-order valence-corrected chi connectivity index (χ1v) is 12.1. The summed E-state index contributed by atoms with van der Waals surface area (Å²) < 4.78 is 7.62. The molecule has 1 saturated heterocycles. The second-order valence-corrected chi connectivity index (χ2v) is 10.4. The summed E-state index contributed by atoms with van der Waals surface area (Å²) in [4.78, 5) is 27.5. The van der Waals surface area contributed by atoms with Crippen molar-refractivity contribution in [3.63, 3.8) is 0 Å². The Morgan fingerprint density at radius 2 is 1.85 bits per heavy atom. The maximum atomic E-state index is 13.7. The van der Waals surface area contributed by atoms with Crippen LogP contribution in [0.2, 0.25) is 0 Å². The van der Waals surface area contributed by atoms with E-state index in [0.29, 0.717) is 11.8 Å². The molecule has 1 aliphatic heterocycles. The summed E-state index contributed by atoms with van der Waals surface area (Å²) in [5.74, 6) is 0.310. The van der Waals surface area contributed by atoms with Crippen LogP contribution in [0.4, 0.5) is 0 Å². The number of nitrogens with one attached hydrogen (secondary N) is 1. The minimum absolute atomic E-state index is 0.119. The smallest absolute Gasteiger partial charge is 0.248 e. The van der Waals surface area contributed by atoms with Crippen LogP contribution in [-0.4, -0.2) is 68.7 Å². The molecule has 0 radical (unpaired) electrons. The third kappa shape index (κ3) is 5.09. The number of carbonyl (C=O) groups excluding carboxylic acids is 2. The fraction of sp³-hybridized carbons (Fsp3) is 0.600. The van der Waals surface area contributed by atoms with E-state index >= 15 is 0 Å². The zero-order valence-corrected chi connectivity index (χ0v) is 20.4. The first kappa shape index (κ1) is 24.2. The Labute approximate surface area is 200 Å². The van der Waals surface area contributed by atoms with Gasteiger partial charge in [-0.3, -0.25) is 9.59 Å². The molecule has 1 aromatic heterocycles. The predicted octanol–water partition coefficient (Wildman–Crippen LogP) is 2.56. The minimum Gasteiger partial charge on any atom is -0.490 e. The molecule has 34 heavy (non-hydrogen) atoms. The van der Waals surface area contributed by atoms with Crippen LogP contribution in [0.5, 0.6) is 5.75 Å².